The summed E-state index contributed by atoms with van der Waals surface area (Å²) in [6.45, 7) is 8.49. The number of nitrogens with zero attached hydrogens (tertiary/aromatic N) is 2. The van der Waals surface area contributed by atoms with E-state index in [1.165, 1.54) is 6.42 Å². The van der Waals surface area contributed by atoms with Crippen molar-refractivity contribution in [3.63, 3.8) is 0 Å². The molecule has 52 heavy (non-hydrogen) atoms. The summed E-state index contributed by atoms with van der Waals surface area (Å²) in [5, 5.41) is 6.64. The molecule has 2 saturated carbocycles. The van der Waals surface area contributed by atoms with Crippen molar-refractivity contribution in [3.8, 4) is 0 Å². The molecule has 1 aromatic heterocycles. The van der Waals surface area contributed by atoms with Crippen LogP contribution in [0.1, 0.15) is 109 Å². The molecule has 11 nitrogen and oxygen atoms in total. The lowest BCUT2D eigenvalue weighted by molar-refractivity contribution is -0.142. The Morgan fingerprint density at radius 3 is 2.37 bits per heavy atom. The van der Waals surface area contributed by atoms with Crippen molar-refractivity contribution < 1.29 is 37.8 Å². The fourth-order valence-corrected chi connectivity index (χ4v) is 8.58. The quantitative estimate of drug-likeness (QED) is 0.166. The molecule has 12 heteroatoms. The summed E-state index contributed by atoms with van der Waals surface area (Å²) < 4.78 is 32.0. The first kappa shape index (κ1) is 39.5. The summed E-state index contributed by atoms with van der Waals surface area (Å²) in [4.78, 5) is 55.5. The minimum Gasteiger partial charge on any atom is -0.461 e. The first-order chi connectivity index (χ1) is 24.9. The second kappa shape index (κ2) is 17.9. The van der Waals surface area contributed by atoms with Gasteiger partial charge in [-0.15, -0.1) is 0 Å². The molecule has 3 atom stereocenters. The Hall–Kier alpha value is -3.67. The molecular weight excluding hydrogens is 667 g/mol. The predicted molar refractivity (Wildman–Crippen MR) is 198 cm³/mol. The maximum absolute atomic E-state index is 14.3. The summed E-state index contributed by atoms with van der Waals surface area (Å²) >= 11 is 0. The molecule has 0 radical (unpaired) electrons. The third kappa shape index (κ3) is 9.85. The Morgan fingerprint density at radius 2 is 1.69 bits per heavy atom. The molecule has 2 aliphatic carbocycles. The van der Waals surface area contributed by atoms with Gasteiger partial charge < -0.3 is 34.3 Å². The molecule has 1 aromatic carbocycles. The Labute approximate surface area is 307 Å². The normalized spacial score (nSPS) is 23.3. The summed E-state index contributed by atoms with van der Waals surface area (Å²) in [5.41, 5.74) is 1.19. The molecule has 3 fully saturated rings. The van der Waals surface area contributed by atoms with E-state index in [0.717, 1.165) is 43.0 Å². The second-order valence-electron chi connectivity index (χ2n) is 15.9. The molecule has 0 unspecified atom stereocenters. The predicted octanol–water partition coefficient (Wildman–Crippen LogP) is 7.17. The average Bonchev–Trinajstić information content (AvgIpc) is 3.71. The number of carbonyl (C=O) groups excluding carboxylic acids is 4. The minimum absolute atomic E-state index is 0.00303. The van der Waals surface area contributed by atoms with Crippen LogP contribution >= 0.6 is 0 Å². The largest absolute Gasteiger partial charge is 0.461 e. The fraction of sp³-hybridized carbons (Fsp3) is 0.700. The van der Waals surface area contributed by atoms with Crippen LogP contribution in [-0.4, -0.2) is 84.1 Å². The first-order valence-corrected chi connectivity index (χ1v) is 19.4. The van der Waals surface area contributed by atoms with Crippen molar-refractivity contribution in [2.75, 3.05) is 38.4 Å². The van der Waals surface area contributed by atoms with Crippen LogP contribution in [-0.2, 0) is 30.8 Å². The molecule has 1 aliphatic heterocycles. The number of likely N-dealkylation sites (tertiary alicyclic amines) is 1. The van der Waals surface area contributed by atoms with Crippen molar-refractivity contribution in [3.05, 3.63) is 30.0 Å². The standard InChI is InChI=1S/C40H59FN4O7/c1-6-50-21-10-22-51-38(48)34-24-29-23-30(17-18-33(29)44(34)5)42-36(46)35-31(26-11-8-7-9-12-26)19-20-45(35)37(47)28-15-13-27(14-16-28)32(25-41)43-39(49)52-40(2,3)4/h17-18,23-24,26-28,31-32,35H,6-16,19-22,25H2,1-5H3,(H,42,46)(H,43,49)/t27-,28-,31-,32+,35-/m0/s1. The van der Waals surface area contributed by atoms with Crippen molar-refractivity contribution in [1.29, 1.82) is 0 Å². The number of fused-ring (bicyclic) bond motifs is 1. The van der Waals surface area contributed by atoms with Gasteiger partial charge in [0.15, 0.2) is 0 Å². The Kier molecular flexibility index (Phi) is 13.6. The molecule has 3 amide bonds. The molecule has 288 valence electrons. The Bertz CT molecular complexity index is 1540. The van der Waals surface area contributed by atoms with Gasteiger partial charge in [-0.25, -0.2) is 14.0 Å². The van der Waals surface area contributed by atoms with Crippen molar-refractivity contribution in [1.82, 2.24) is 14.8 Å². The monoisotopic (exact) mass is 726 g/mol. The van der Waals surface area contributed by atoms with Crippen LogP contribution in [0, 0.1) is 23.7 Å². The van der Waals surface area contributed by atoms with Gasteiger partial charge in [0.25, 0.3) is 0 Å². The number of aryl methyl sites for hydroxylation is 1. The lowest BCUT2D eigenvalue weighted by Crippen LogP contribution is -2.50. The van der Waals surface area contributed by atoms with Crippen LogP contribution in [0.25, 0.3) is 10.9 Å². The topological polar surface area (TPSA) is 128 Å². The zero-order valence-corrected chi connectivity index (χ0v) is 31.7. The summed E-state index contributed by atoms with van der Waals surface area (Å²) in [6, 6.07) is 6.12. The van der Waals surface area contributed by atoms with Crippen LogP contribution in [0.3, 0.4) is 0 Å². The van der Waals surface area contributed by atoms with Gasteiger partial charge in [-0.2, -0.15) is 0 Å². The zero-order valence-electron chi connectivity index (χ0n) is 31.7. The van der Waals surface area contributed by atoms with E-state index >= 15 is 0 Å². The van der Waals surface area contributed by atoms with Gasteiger partial charge in [0, 0.05) is 55.7 Å². The van der Waals surface area contributed by atoms with E-state index in [0.29, 0.717) is 69.2 Å². The van der Waals surface area contributed by atoms with Gasteiger partial charge in [-0.05, 0) is 102 Å². The van der Waals surface area contributed by atoms with Crippen LogP contribution in [0.15, 0.2) is 24.3 Å². The Balaban J connectivity index is 1.26. The van der Waals surface area contributed by atoms with Gasteiger partial charge in [0.1, 0.15) is 24.0 Å². The number of aromatic nitrogens is 1. The lowest BCUT2D eigenvalue weighted by Gasteiger charge is -2.37. The van der Waals surface area contributed by atoms with E-state index in [-0.39, 0.29) is 36.2 Å². The van der Waals surface area contributed by atoms with Crippen LogP contribution < -0.4 is 10.6 Å². The maximum atomic E-state index is 14.3. The number of carbonyl (C=O) groups is 4. The van der Waals surface area contributed by atoms with Crippen molar-refractivity contribution >= 4 is 40.5 Å². The van der Waals surface area contributed by atoms with Gasteiger partial charge in [-0.1, -0.05) is 32.1 Å². The number of nitrogens with one attached hydrogen (secondary N) is 2. The number of alkyl carbamates (subject to hydrolysis) is 1. The number of esters is 1. The van der Waals surface area contributed by atoms with E-state index in [1.807, 2.05) is 37.1 Å². The van der Waals surface area contributed by atoms with Gasteiger partial charge >= 0.3 is 12.1 Å². The first-order valence-electron chi connectivity index (χ1n) is 19.4. The molecule has 2 aromatic rings. The number of hydrogen-bond donors (Lipinski definition) is 2. The van der Waals surface area contributed by atoms with Gasteiger partial charge in [0.2, 0.25) is 11.8 Å². The van der Waals surface area contributed by atoms with E-state index in [9.17, 15) is 23.6 Å². The van der Waals surface area contributed by atoms with E-state index in [1.54, 1.807) is 31.4 Å². The number of amides is 3. The molecule has 3 aliphatic rings. The number of anilines is 1. The number of ether oxygens (including phenoxy) is 3. The van der Waals surface area contributed by atoms with Crippen molar-refractivity contribution in [2.45, 2.75) is 116 Å². The summed E-state index contributed by atoms with van der Waals surface area (Å²) in [7, 11) is 1.82. The van der Waals surface area contributed by atoms with Gasteiger partial charge in [0.05, 0.1) is 12.6 Å². The Morgan fingerprint density at radius 1 is 0.962 bits per heavy atom. The zero-order chi connectivity index (χ0) is 37.4. The fourth-order valence-electron chi connectivity index (χ4n) is 8.58. The van der Waals surface area contributed by atoms with E-state index < -0.39 is 36.4 Å². The highest BCUT2D eigenvalue weighted by Crippen LogP contribution is 2.41. The lowest BCUT2D eigenvalue weighted by atomic mass is 9.76. The SMILES string of the molecule is CCOCCCOC(=O)c1cc2cc(NC(=O)[C@@H]3[C@H](C4CCCCC4)CCN3C(=O)[C@H]3CC[C@H]([C@@H](CF)NC(=O)OC(C)(C)C)CC3)ccc2n1C. The minimum atomic E-state index is -0.699. The number of rotatable bonds is 13. The molecule has 2 heterocycles. The van der Waals surface area contributed by atoms with Crippen LogP contribution in [0.5, 0.6) is 0 Å². The third-order valence-electron chi connectivity index (χ3n) is 11.2. The van der Waals surface area contributed by atoms with Gasteiger partial charge in [-0.3, -0.25) is 9.59 Å². The molecule has 2 N–H and O–H groups in total. The van der Waals surface area contributed by atoms with Crippen LogP contribution in [0.4, 0.5) is 14.9 Å². The molecule has 0 spiro atoms. The number of halogens is 1. The highest BCUT2D eigenvalue weighted by Gasteiger charge is 2.47. The average molecular weight is 727 g/mol. The number of alkyl halides is 1. The molecule has 0 bridgehead atoms. The second-order valence-corrected chi connectivity index (χ2v) is 15.9. The number of hydrogen-bond acceptors (Lipinski definition) is 7. The third-order valence-corrected chi connectivity index (χ3v) is 11.2. The van der Waals surface area contributed by atoms with Crippen molar-refractivity contribution in [2.24, 2.45) is 30.7 Å². The number of benzene rings is 1. The highest BCUT2D eigenvalue weighted by atomic mass is 19.1. The maximum Gasteiger partial charge on any atom is 0.407 e. The summed E-state index contributed by atoms with van der Waals surface area (Å²) in [6.07, 6.45) is 8.78. The van der Waals surface area contributed by atoms with E-state index in [2.05, 4.69) is 10.6 Å². The highest BCUT2D eigenvalue weighted by molar-refractivity contribution is 6.01. The van der Waals surface area contributed by atoms with E-state index in [4.69, 9.17) is 14.2 Å². The molecule has 5 rings (SSSR count). The summed E-state index contributed by atoms with van der Waals surface area (Å²) in [5.74, 6) is -0.471. The van der Waals surface area contributed by atoms with Crippen LogP contribution in [0.2, 0.25) is 0 Å². The molecular formula is C40H59FN4O7. The smallest absolute Gasteiger partial charge is 0.407 e. The molecule has 1 saturated heterocycles.